The van der Waals surface area contributed by atoms with Crippen molar-refractivity contribution < 1.29 is 9.90 Å². The Morgan fingerprint density at radius 2 is 2.00 bits per heavy atom. The van der Waals surface area contributed by atoms with E-state index >= 15 is 0 Å². The van der Waals surface area contributed by atoms with E-state index in [1.165, 1.54) is 0 Å². The highest BCUT2D eigenvalue weighted by Gasteiger charge is 2.10. The van der Waals surface area contributed by atoms with Crippen LogP contribution in [0.5, 0.6) is 0 Å². The summed E-state index contributed by atoms with van der Waals surface area (Å²) in [4.78, 5) is 10.9. The summed E-state index contributed by atoms with van der Waals surface area (Å²) in [7, 11) is 0. The molecule has 3 heteroatoms. The fourth-order valence-electron chi connectivity index (χ4n) is 1.52. The predicted octanol–water partition coefficient (Wildman–Crippen LogP) is 3.54. The van der Waals surface area contributed by atoms with Gasteiger partial charge in [-0.25, -0.2) is 4.79 Å². The van der Waals surface area contributed by atoms with Crippen LogP contribution in [0.15, 0.2) is 18.2 Å². The van der Waals surface area contributed by atoms with Crippen LogP contribution in [-0.4, -0.2) is 17.6 Å². The van der Waals surface area contributed by atoms with E-state index in [0.29, 0.717) is 5.56 Å². The smallest absolute Gasteiger partial charge is 0.335 e. The lowest BCUT2D eigenvalue weighted by molar-refractivity contribution is 0.0697. The zero-order chi connectivity index (χ0) is 13.1. The molecular weight excluding hydrogens is 214 g/mol. The number of carboxylic acid groups (broad SMARTS) is 1. The van der Waals surface area contributed by atoms with Gasteiger partial charge in [-0.1, -0.05) is 26.8 Å². The Kier molecular flexibility index (Phi) is 4.16. The number of carbonyl (C=O) groups is 1. The Morgan fingerprint density at radius 1 is 1.35 bits per heavy atom. The molecule has 1 aromatic carbocycles. The van der Waals surface area contributed by atoms with E-state index in [1.54, 1.807) is 12.1 Å². The topological polar surface area (TPSA) is 49.3 Å². The van der Waals surface area contributed by atoms with Gasteiger partial charge in [0.1, 0.15) is 0 Å². The van der Waals surface area contributed by atoms with Crippen LogP contribution in [0.2, 0.25) is 0 Å². The van der Waals surface area contributed by atoms with E-state index in [1.807, 2.05) is 13.0 Å². The quantitative estimate of drug-likeness (QED) is 0.839. The minimum Gasteiger partial charge on any atom is -0.478 e. The zero-order valence-electron chi connectivity index (χ0n) is 11.0. The second kappa shape index (κ2) is 5.21. The highest BCUT2D eigenvalue weighted by Crippen LogP contribution is 2.21. The number of rotatable bonds is 4. The number of hydrogen-bond donors (Lipinski definition) is 2. The molecule has 0 aromatic heterocycles. The van der Waals surface area contributed by atoms with Crippen molar-refractivity contribution in [1.82, 2.24) is 0 Å². The second-order valence-electron chi connectivity index (χ2n) is 5.57. The molecule has 0 atom stereocenters. The molecule has 0 amide bonds. The first kappa shape index (κ1) is 13.6. The second-order valence-corrected chi connectivity index (χ2v) is 5.57. The average molecular weight is 235 g/mol. The van der Waals surface area contributed by atoms with E-state index in [-0.39, 0.29) is 5.41 Å². The van der Waals surface area contributed by atoms with Gasteiger partial charge in [0.15, 0.2) is 0 Å². The van der Waals surface area contributed by atoms with Crippen LogP contribution in [0.3, 0.4) is 0 Å². The zero-order valence-corrected chi connectivity index (χ0v) is 11.0. The SMILES string of the molecule is Cc1ccc(C(=O)O)cc1NCCC(C)(C)C. The molecule has 2 N–H and O–H groups in total. The summed E-state index contributed by atoms with van der Waals surface area (Å²) >= 11 is 0. The molecule has 3 nitrogen and oxygen atoms in total. The number of benzene rings is 1. The summed E-state index contributed by atoms with van der Waals surface area (Å²) in [6.45, 7) is 9.40. The standard InChI is InChI=1S/C14H21NO2/c1-10-5-6-11(13(16)17)9-12(10)15-8-7-14(2,3)4/h5-6,9,15H,7-8H2,1-4H3,(H,16,17). The molecule has 1 aromatic rings. The molecule has 94 valence electrons. The van der Waals surface area contributed by atoms with Crippen molar-refractivity contribution in [2.75, 3.05) is 11.9 Å². The highest BCUT2D eigenvalue weighted by atomic mass is 16.4. The van der Waals surface area contributed by atoms with Gasteiger partial charge in [-0.05, 0) is 36.5 Å². The first-order valence-electron chi connectivity index (χ1n) is 5.87. The number of carboxylic acids is 1. The minimum atomic E-state index is -0.885. The van der Waals surface area contributed by atoms with Gasteiger partial charge in [0.2, 0.25) is 0 Å². The normalized spacial score (nSPS) is 11.3. The Balaban J connectivity index is 2.70. The number of aromatic carboxylic acids is 1. The third-order valence-electron chi connectivity index (χ3n) is 2.67. The maximum absolute atomic E-state index is 10.9. The molecule has 1 rings (SSSR count). The van der Waals surface area contributed by atoms with E-state index in [9.17, 15) is 4.79 Å². The maximum atomic E-state index is 10.9. The monoisotopic (exact) mass is 235 g/mol. The molecule has 0 saturated carbocycles. The molecule has 0 fully saturated rings. The van der Waals surface area contributed by atoms with Gasteiger partial charge < -0.3 is 10.4 Å². The van der Waals surface area contributed by atoms with Crippen molar-refractivity contribution in [3.8, 4) is 0 Å². The van der Waals surface area contributed by atoms with Gasteiger partial charge >= 0.3 is 5.97 Å². The fraction of sp³-hybridized carbons (Fsp3) is 0.500. The van der Waals surface area contributed by atoms with Crippen LogP contribution in [0.4, 0.5) is 5.69 Å². The van der Waals surface area contributed by atoms with E-state index in [4.69, 9.17) is 5.11 Å². The summed E-state index contributed by atoms with van der Waals surface area (Å²) in [5.74, 6) is -0.885. The molecule has 0 aliphatic heterocycles. The maximum Gasteiger partial charge on any atom is 0.335 e. The molecule has 0 heterocycles. The third-order valence-corrected chi connectivity index (χ3v) is 2.67. The van der Waals surface area contributed by atoms with E-state index in [0.717, 1.165) is 24.2 Å². The summed E-state index contributed by atoms with van der Waals surface area (Å²) < 4.78 is 0. The molecule has 0 bridgehead atoms. The number of hydrogen-bond acceptors (Lipinski definition) is 2. The van der Waals surface area contributed by atoms with Crippen LogP contribution in [0, 0.1) is 12.3 Å². The van der Waals surface area contributed by atoms with Crippen molar-refractivity contribution in [3.05, 3.63) is 29.3 Å². The van der Waals surface area contributed by atoms with Crippen LogP contribution >= 0.6 is 0 Å². The highest BCUT2D eigenvalue weighted by molar-refractivity contribution is 5.89. The molecule has 17 heavy (non-hydrogen) atoms. The van der Waals surface area contributed by atoms with Gasteiger partial charge in [-0.3, -0.25) is 0 Å². The lowest BCUT2D eigenvalue weighted by atomic mass is 9.92. The average Bonchev–Trinajstić information content (AvgIpc) is 2.18. The first-order chi connectivity index (χ1) is 7.79. The first-order valence-corrected chi connectivity index (χ1v) is 5.87. The summed E-state index contributed by atoms with van der Waals surface area (Å²) in [5, 5.41) is 12.2. The van der Waals surface area contributed by atoms with Crippen molar-refractivity contribution in [2.24, 2.45) is 5.41 Å². The number of anilines is 1. The lowest BCUT2D eigenvalue weighted by Crippen LogP contribution is -2.13. The number of aryl methyl sites for hydroxylation is 1. The Bertz CT molecular complexity index is 405. The van der Waals surface area contributed by atoms with Gasteiger partial charge in [0, 0.05) is 12.2 Å². The summed E-state index contributed by atoms with van der Waals surface area (Å²) in [6, 6.07) is 5.16. The Hall–Kier alpha value is -1.51. The van der Waals surface area contributed by atoms with Gasteiger partial charge in [0.05, 0.1) is 5.56 Å². The molecule has 0 spiro atoms. The molecule has 0 saturated heterocycles. The van der Waals surface area contributed by atoms with Crippen LogP contribution in [-0.2, 0) is 0 Å². The molecule has 0 aliphatic rings. The molecule has 0 radical (unpaired) electrons. The van der Waals surface area contributed by atoms with Gasteiger partial charge in [0.25, 0.3) is 0 Å². The van der Waals surface area contributed by atoms with Gasteiger partial charge in [-0.15, -0.1) is 0 Å². The van der Waals surface area contributed by atoms with Crippen LogP contribution < -0.4 is 5.32 Å². The largest absolute Gasteiger partial charge is 0.478 e. The summed E-state index contributed by atoms with van der Waals surface area (Å²) in [5.41, 5.74) is 2.60. The lowest BCUT2D eigenvalue weighted by Gasteiger charge is -2.19. The Labute approximate surface area is 103 Å². The van der Waals surface area contributed by atoms with Gasteiger partial charge in [-0.2, -0.15) is 0 Å². The molecular formula is C14H21NO2. The van der Waals surface area contributed by atoms with E-state index in [2.05, 4.69) is 26.1 Å². The fourth-order valence-corrected chi connectivity index (χ4v) is 1.52. The van der Waals surface area contributed by atoms with Crippen LogP contribution in [0.25, 0.3) is 0 Å². The molecule has 0 unspecified atom stereocenters. The van der Waals surface area contributed by atoms with Crippen molar-refractivity contribution in [1.29, 1.82) is 0 Å². The molecule has 0 aliphatic carbocycles. The van der Waals surface area contributed by atoms with E-state index < -0.39 is 5.97 Å². The predicted molar refractivity (Wildman–Crippen MR) is 70.7 cm³/mol. The van der Waals surface area contributed by atoms with Crippen molar-refractivity contribution in [3.63, 3.8) is 0 Å². The van der Waals surface area contributed by atoms with Crippen molar-refractivity contribution >= 4 is 11.7 Å². The van der Waals surface area contributed by atoms with Crippen LogP contribution in [0.1, 0.15) is 43.1 Å². The number of nitrogens with one attached hydrogen (secondary N) is 1. The van der Waals surface area contributed by atoms with Crippen molar-refractivity contribution in [2.45, 2.75) is 34.1 Å². The minimum absolute atomic E-state index is 0.283. The Morgan fingerprint density at radius 3 is 2.53 bits per heavy atom. The summed E-state index contributed by atoms with van der Waals surface area (Å²) in [6.07, 6.45) is 1.05. The third kappa shape index (κ3) is 4.47.